The fourth-order valence-corrected chi connectivity index (χ4v) is 7.89. The van der Waals surface area contributed by atoms with Crippen molar-refractivity contribution >= 4 is 35.2 Å². The van der Waals surface area contributed by atoms with Gasteiger partial charge in [-0.15, -0.1) is 0 Å². The number of aromatic nitrogens is 3. The summed E-state index contributed by atoms with van der Waals surface area (Å²) in [6, 6.07) is 11.1. The third kappa shape index (κ3) is 5.54. The first kappa shape index (κ1) is 27.3. The van der Waals surface area contributed by atoms with E-state index in [4.69, 9.17) is 9.56 Å². The lowest BCUT2D eigenvalue weighted by Gasteiger charge is -2.40. The van der Waals surface area contributed by atoms with Gasteiger partial charge in [-0.1, -0.05) is 45.0 Å². The van der Waals surface area contributed by atoms with Gasteiger partial charge in [0.1, 0.15) is 17.8 Å². The summed E-state index contributed by atoms with van der Waals surface area (Å²) in [6.45, 7) is 11.2. The molecule has 0 aliphatic heterocycles. The molecule has 38 heavy (non-hydrogen) atoms. The molecular weight excluding hydrogens is 514 g/mol. The second kappa shape index (κ2) is 10.0. The quantitative estimate of drug-likeness (QED) is 0.353. The lowest BCUT2D eigenvalue weighted by atomic mass is 10.0. The molecule has 0 spiro atoms. The number of nitrogens with one attached hydrogen (secondary N) is 1. The molecular formula is C28H41N5O3SSi. The maximum Gasteiger partial charge on any atom is 0.209 e. The van der Waals surface area contributed by atoms with Crippen LogP contribution in [0.4, 0.5) is 5.82 Å². The Morgan fingerprint density at radius 1 is 1.16 bits per heavy atom. The Bertz CT molecular complexity index is 1420. The monoisotopic (exact) mass is 555 g/mol. The fourth-order valence-electron chi connectivity index (χ4n) is 5.86. The molecule has 3 N–H and O–H groups in total. The smallest absolute Gasteiger partial charge is 0.209 e. The second-order valence-corrected chi connectivity index (χ2v) is 19.1. The average Bonchev–Trinajstić information content (AvgIpc) is 3.54. The van der Waals surface area contributed by atoms with Gasteiger partial charge in [0, 0.05) is 18.3 Å². The van der Waals surface area contributed by atoms with E-state index in [9.17, 15) is 8.42 Å². The largest absolute Gasteiger partial charge is 0.414 e. The van der Waals surface area contributed by atoms with Gasteiger partial charge in [0.15, 0.2) is 8.32 Å². The number of sulfonamides is 1. The van der Waals surface area contributed by atoms with Crippen LogP contribution in [-0.4, -0.2) is 43.1 Å². The van der Waals surface area contributed by atoms with Crippen LogP contribution >= 0.6 is 0 Å². The van der Waals surface area contributed by atoms with Crippen molar-refractivity contribution in [2.75, 3.05) is 11.1 Å². The van der Waals surface area contributed by atoms with Gasteiger partial charge in [-0.3, -0.25) is 0 Å². The van der Waals surface area contributed by atoms with Crippen molar-refractivity contribution in [3.05, 3.63) is 54.0 Å². The first-order valence-electron chi connectivity index (χ1n) is 13.7. The third-order valence-corrected chi connectivity index (χ3v) is 14.3. The number of hydrogen-bond acceptors (Lipinski definition) is 6. The van der Waals surface area contributed by atoms with Crippen molar-refractivity contribution in [1.82, 2.24) is 14.5 Å². The Morgan fingerprint density at radius 2 is 1.92 bits per heavy atom. The predicted octanol–water partition coefficient (Wildman–Crippen LogP) is 5.55. The SMILES string of the molecule is CC(C)(C)[Si](C)(C)O[C@@H]1C[C@H](n2ccc3c(N[C@H]4CCc5ccccc54)ncnc32)C[C@H]1CCS(N)(=O)=O. The first-order valence-corrected chi connectivity index (χ1v) is 18.3. The Hall–Kier alpha value is -2.27. The normalized spacial score (nSPS) is 24.2. The van der Waals surface area contributed by atoms with Crippen molar-refractivity contribution in [3.8, 4) is 0 Å². The minimum absolute atomic E-state index is 0.00508. The van der Waals surface area contributed by atoms with E-state index in [1.165, 1.54) is 11.1 Å². The number of primary sulfonamides is 1. The molecule has 0 amide bonds. The highest BCUT2D eigenvalue weighted by atomic mass is 32.2. The molecule has 1 aromatic carbocycles. The molecule has 1 saturated carbocycles. The van der Waals surface area contributed by atoms with Gasteiger partial charge in [-0.05, 0) is 73.3 Å². The zero-order chi connectivity index (χ0) is 27.3. The summed E-state index contributed by atoms with van der Waals surface area (Å²) in [5, 5.41) is 10.1. The fraction of sp³-hybridized carbons (Fsp3) is 0.571. The van der Waals surface area contributed by atoms with E-state index in [2.05, 4.69) is 90.2 Å². The summed E-state index contributed by atoms with van der Waals surface area (Å²) >= 11 is 0. The lowest BCUT2D eigenvalue weighted by Crippen LogP contribution is -2.45. The Morgan fingerprint density at radius 3 is 2.66 bits per heavy atom. The maximum absolute atomic E-state index is 11.8. The van der Waals surface area contributed by atoms with Crippen molar-refractivity contribution in [1.29, 1.82) is 0 Å². The third-order valence-electron chi connectivity index (χ3n) is 8.98. The first-order chi connectivity index (χ1) is 17.8. The van der Waals surface area contributed by atoms with Crippen LogP contribution in [0.3, 0.4) is 0 Å². The highest BCUT2D eigenvalue weighted by molar-refractivity contribution is 7.89. The van der Waals surface area contributed by atoms with Crippen LogP contribution in [0.25, 0.3) is 11.0 Å². The summed E-state index contributed by atoms with van der Waals surface area (Å²) in [6.07, 6.45) is 8.02. The molecule has 0 radical (unpaired) electrons. The number of anilines is 1. The zero-order valence-corrected chi connectivity index (χ0v) is 25.0. The summed E-state index contributed by atoms with van der Waals surface area (Å²) in [5.41, 5.74) is 3.65. The molecule has 0 unspecified atom stereocenters. The van der Waals surface area contributed by atoms with Crippen LogP contribution in [0, 0.1) is 5.92 Å². The van der Waals surface area contributed by atoms with Gasteiger partial charge in [0.05, 0.1) is 17.2 Å². The van der Waals surface area contributed by atoms with Gasteiger partial charge in [-0.25, -0.2) is 23.5 Å². The molecule has 5 rings (SSSR count). The van der Waals surface area contributed by atoms with Gasteiger partial charge in [0.2, 0.25) is 10.0 Å². The number of rotatable bonds is 8. The summed E-state index contributed by atoms with van der Waals surface area (Å²) in [4.78, 5) is 9.29. The van der Waals surface area contributed by atoms with E-state index in [-0.39, 0.29) is 34.9 Å². The maximum atomic E-state index is 11.8. The Balaban J connectivity index is 1.40. The van der Waals surface area contributed by atoms with E-state index >= 15 is 0 Å². The van der Waals surface area contributed by atoms with E-state index in [1.54, 1.807) is 6.33 Å². The number of nitrogens with two attached hydrogens (primary N) is 1. The summed E-state index contributed by atoms with van der Waals surface area (Å²) < 4.78 is 32.7. The van der Waals surface area contributed by atoms with E-state index in [1.807, 2.05) is 0 Å². The molecule has 1 fully saturated rings. The van der Waals surface area contributed by atoms with Crippen molar-refractivity contribution in [3.63, 3.8) is 0 Å². The molecule has 2 aliphatic carbocycles. The van der Waals surface area contributed by atoms with Crippen molar-refractivity contribution in [2.45, 2.75) is 89.2 Å². The van der Waals surface area contributed by atoms with Crippen LogP contribution in [-0.2, 0) is 20.9 Å². The predicted molar refractivity (Wildman–Crippen MR) is 155 cm³/mol. The van der Waals surface area contributed by atoms with E-state index in [0.717, 1.165) is 42.5 Å². The number of benzene rings is 1. The molecule has 2 aliphatic rings. The topological polar surface area (TPSA) is 112 Å². The van der Waals surface area contributed by atoms with Crippen LogP contribution < -0.4 is 10.5 Å². The minimum Gasteiger partial charge on any atom is -0.414 e. The van der Waals surface area contributed by atoms with Crippen molar-refractivity contribution < 1.29 is 12.8 Å². The van der Waals surface area contributed by atoms with Gasteiger partial charge >= 0.3 is 0 Å². The van der Waals surface area contributed by atoms with Crippen molar-refractivity contribution in [2.24, 2.45) is 11.1 Å². The van der Waals surface area contributed by atoms with Gasteiger partial charge in [-0.2, -0.15) is 0 Å². The van der Waals surface area contributed by atoms with Crippen LogP contribution in [0.15, 0.2) is 42.9 Å². The number of hydrogen-bond donors (Lipinski definition) is 2. The van der Waals surface area contributed by atoms with Gasteiger partial charge in [0.25, 0.3) is 0 Å². The number of aryl methyl sites for hydroxylation is 1. The molecule has 206 valence electrons. The highest BCUT2D eigenvalue weighted by Gasteiger charge is 2.44. The Labute approximate surface area is 227 Å². The van der Waals surface area contributed by atoms with Crippen LogP contribution in [0.1, 0.15) is 69.7 Å². The number of fused-ring (bicyclic) bond motifs is 2. The molecule has 10 heteroatoms. The molecule has 8 nitrogen and oxygen atoms in total. The van der Waals surface area contributed by atoms with Crippen LogP contribution in [0.5, 0.6) is 0 Å². The minimum atomic E-state index is -3.53. The molecule has 2 heterocycles. The van der Waals surface area contributed by atoms with E-state index < -0.39 is 18.3 Å². The molecule has 4 atom stereocenters. The zero-order valence-electron chi connectivity index (χ0n) is 23.1. The van der Waals surface area contributed by atoms with E-state index in [0.29, 0.717) is 6.42 Å². The number of nitrogens with zero attached hydrogens (tertiary/aromatic N) is 3. The lowest BCUT2D eigenvalue weighted by molar-refractivity contribution is 0.137. The molecule has 3 aromatic rings. The average molecular weight is 556 g/mol. The molecule has 0 saturated heterocycles. The second-order valence-electron chi connectivity index (χ2n) is 12.6. The standard InChI is InChI=1S/C28H41N5O3SSi/c1-28(2,3)38(4,5)36-25-17-21(16-20(25)13-15-37(29,34)35)33-14-12-23-26(30-18-31-27(23)33)32-24-11-10-19-8-6-7-9-22(19)24/h6-9,12,14,18,20-21,24-25H,10-11,13,15-17H2,1-5H3,(H2,29,34,35)(H,30,31,32)/t20-,21-,24+,25-/m1/s1. The summed E-state index contributed by atoms with van der Waals surface area (Å²) in [5.74, 6) is 0.959. The van der Waals surface area contributed by atoms with Crippen LogP contribution in [0.2, 0.25) is 18.1 Å². The van der Waals surface area contributed by atoms with Gasteiger partial charge < -0.3 is 14.3 Å². The Kier molecular flexibility index (Phi) is 7.21. The molecule has 0 bridgehead atoms. The summed E-state index contributed by atoms with van der Waals surface area (Å²) in [7, 11) is -5.57. The highest BCUT2D eigenvalue weighted by Crippen LogP contribution is 2.45. The molecule has 2 aromatic heterocycles.